The van der Waals surface area contributed by atoms with E-state index >= 15 is 0 Å². The summed E-state index contributed by atoms with van der Waals surface area (Å²) in [7, 11) is 2.15. The topological polar surface area (TPSA) is 55.9 Å². The van der Waals surface area contributed by atoms with Gasteiger partial charge in [0.25, 0.3) is 5.91 Å². The second-order valence-corrected chi connectivity index (χ2v) is 11.5. The Kier molecular flexibility index (Phi) is 6.74. The number of hydrogen-bond acceptors (Lipinski definition) is 5. The van der Waals surface area contributed by atoms with Gasteiger partial charge in [0.05, 0.1) is 23.3 Å². The van der Waals surface area contributed by atoms with Gasteiger partial charge in [-0.25, -0.2) is 0 Å². The summed E-state index contributed by atoms with van der Waals surface area (Å²) in [4.78, 5) is 36.0. The zero-order chi connectivity index (χ0) is 25.4. The summed E-state index contributed by atoms with van der Waals surface area (Å²) in [5, 5.41) is 5.37. The maximum atomic E-state index is 14.3. The second-order valence-electron chi connectivity index (χ2n) is 10.5. The van der Waals surface area contributed by atoms with Crippen LogP contribution in [0, 0.1) is 0 Å². The minimum atomic E-state index is -0.478. The Balaban J connectivity index is 1.39. The third kappa shape index (κ3) is 4.55. The normalized spacial score (nSPS) is 22.8. The lowest BCUT2D eigenvalue weighted by Crippen LogP contribution is -2.49. The van der Waals surface area contributed by atoms with Gasteiger partial charge in [-0.1, -0.05) is 49.2 Å². The third-order valence-electron chi connectivity index (χ3n) is 8.22. The Morgan fingerprint density at radius 2 is 1.65 bits per heavy atom. The second kappa shape index (κ2) is 10.3. The average molecular weight is 515 g/mol. The van der Waals surface area contributed by atoms with Gasteiger partial charge >= 0.3 is 0 Å². The molecule has 2 aromatic carbocycles. The summed E-state index contributed by atoms with van der Waals surface area (Å²) in [5.41, 5.74) is 3.39. The van der Waals surface area contributed by atoms with Crippen molar-refractivity contribution in [1.82, 2.24) is 9.80 Å². The van der Waals surface area contributed by atoms with E-state index in [0.717, 1.165) is 73.7 Å². The van der Waals surface area contributed by atoms with E-state index in [0.29, 0.717) is 5.56 Å². The van der Waals surface area contributed by atoms with Crippen molar-refractivity contribution in [1.29, 1.82) is 0 Å². The smallest absolute Gasteiger partial charge is 0.254 e. The third-order valence-corrected chi connectivity index (χ3v) is 9.16. The molecule has 1 saturated heterocycles. The quantitative estimate of drug-likeness (QED) is 0.498. The van der Waals surface area contributed by atoms with Crippen molar-refractivity contribution in [3.05, 3.63) is 82.0 Å². The van der Waals surface area contributed by atoms with E-state index < -0.39 is 5.92 Å². The number of carbonyl (C=O) groups is 2. The van der Waals surface area contributed by atoms with Crippen molar-refractivity contribution in [2.75, 3.05) is 43.4 Å². The number of rotatable bonds is 5. The number of carbonyl (C=O) groups excluding carboxylic acids is 2. The van der Waals surface area contributed by atoms with Crippen LogP contribution in [0.1, 0.15) is 58.4 Å². The van der Waals surface area contributed by atoms with Gasteiger partial charge in [-0.05, 0) is 55.1 Å². The molecule has 6 rings (SSSR count). The first kappa shape index (κ1) is 24.2. The van der Waals surface area contributed by atoms with Crippen LogP contribution in [0.15, 0.2) is 66.0 Å². The van der Waals surface area contributed by atoms with Crippen molar-refractivity contribution in [2.45, 2.75) is 43.7 Å². The van der Waals surface area contributed by atoms with E-state index in [1.54, 1.807) is 11.3 Å². The molecular formula is C30H34N4O2S. The van der Waals surface area contributed by atoms with E-state index in [-0.39, 0.29) is 23.9 Å². The van der Waals surface area contributed by atoms with Gasteiger partial charge in [-0.3, -0.25) is 9.59 Å². The number of anilines is 2. The Morgan fingerprint density at radius 1 is 0.919 bits per heavy atom. The SMILES string of the molecule is CN1CCN(c2ccccc2NC(=O)[C@@H]2c3ccccc3C(=O)N(C3CCCC3)[C@@H]2c2cccs2)CC1. The molecule has 1 N–H and O–H groups in total. The fourth-order valence-electron chi connectivity index (χ4n) is 6.29. The molecule has 2 atom stereocenters. The van der Waals surface area contributed by atoms with Crippen molar-refractivity contribution >= 4 is 34.5 Å². The molecule has 1 saturated carbocycles. The monoisotopic (exact) mass is 514 g/mol. The molecule has 37 heavy (non-hydrogen) atoms. The molecule has 0 radical (unpaired) electrons. The maximum Gasteiger partial charge on any atom is 0.254 e. The molecular weight excluding hydrogens is 480 g/mol. The summed E-state index contributed by atoms with van der Waals surface area (Å²) in [6, 6.07) is 19.8. The first-order chi connectivity index (χ1) is 18.1. The summed E-state index contributed by atoms with van der Waals surface area (Å²) in [6.07, 6.45) is 4.25. The van der Waals surface area contributed by atoms with Gasteiger partial charge in [0.1, 0.15) is 0 Å². The largest absolute Gasteiger partial charge is 0.367 e. The Morgan fingerprint density at radius 3 is 2.41 bits per heavy atom. The van der Waals surface area contributed by atoms with Crippen LogP contribution in [0.4, 0.5) is 11.4 Å². The van der Waals surface area contributed by atoms with Crippen molar-refractivity contribution < 1.29 is 9.59 Å². The van der Waals surface area contributed by atoms with Gasteiger partial charge in [-0.2, -0.15) is 0 Å². The van der Waals surface area contributed by atoms with Crippen LogP contribution in [0.3, 0.4) is 0 Å². The predicted octanol–water partition coefficient (Wildman–Crippen LogP) is 5.36. The summed E-state index contributed by atoms with van der Waals surface area (Å²) in [6.45, 7) is 3.85. The average Bonchev–Trinajstić information content (AvgIpc) is 3.64. The summed E-state index contributed by atoms with van der Waals surface area (Å²) >= 11 is 1.64. The molecule has 7 heteroatoms. The summed E-state index contributed by atoms with van der Waals surface area (Å²) < 4.78 is 0. The first-order valence-corrected chi connectivity index (χ1v) is 14.3. The molecule has 3 heterocycles. The van der Waals surface area contributed by atoms with Crippen LogP contribution in [-0.4, -0.2) is 60.9 Å². The molecule has 1 aromatic heterocycles. The minimum absolute atomic E-state index is 0.0528. The predicted molar refractivity (Wildman–Crippen MR) is 149 cm³/mol. The number of benzene rings is 2. The molecule has 6 nitrogen and oxygen atoms in total. The van der Waals surface area contributed by atoms with E-state index in [2.05, 4.69) is 39.2 Å². The van der Waals surface area contributed by atoms with E-state index in [9.17, 15) is 9.59 Å². The van der Waals surface area contributed by atoms with Crippen LogP contribution < -0.4 is 10.2 Å². The number of para-hydroxylation sites is 2. The lowest BCUT2D eigenvalue weighted by Gasteiger charge is -2.44. The number of nitrogens with zero attached hydrogens (tertiary/aromatic N) is 3. The van der Waals surface area contributed by atoms with E-state index in [1.165, 1.54) is 0 Å². The van der Waals surface area contributed by atoms with Crippen LogP contribution in [0.2, 0.25) is 0 Å². The molecule has 2 amide bonds. The Hall–Kier alpha value is -3.16. The molecule has 2 aliphatic heterocycles. The van der Waals surface area contributed by atoms with Gasteiger partial charge in [0, 0.05) is 42.7 Å². The van der Waals surface area contributed by atoms with Gasteiger partial charge in [0.15, 0.2) is 0 Å². The van der Waals surface area contributed by atoms with Crippen LogP contribution in [0.25, 0.3) is 0 Å². The highest BCUT2D eigenvalue weighted by Gasteiger charge is 2.47. The van der Waals surface area contributed by atoms with Crippen LogP contribution >= 0.6 is 11.3 Å². The molecule has 192 valence electrons. The zero-order valence-electron chi connectivity index (χ0n) is 21.3. The fourth-order valence-corrected chi connectivity index (χ4v) is 7.15. The highest BCUT2D eigenvalue weighted by molar-refractivity contribution is 7.10. The number of thiophene rings is 1. The van der Waals surface area contributed by atoms with Crippen LogP contribution in [-0.2, 0) is 4.79 Å². The Labute approximate surface area is 222 Å². The van der Waals surface area contributed by atoms with Crippen molar-refractivity contribution in [2.24, 2.45) is 0 Å². The highest BCUT2D eigenvalue weighted by atomic mass is 32.1. The van der Waals surface area contributed by atoms with E-state index in [1.807, 2.05) is 53.9 Å². The molecule has 3 aliphatic rings. The van der Waals surface area contributed by atoms with Gasteiger partial charge in [-0.15, -0.1) is 11.3 Å². The number of hydrogen-bond donors (Lipinski definition) is 1. The molecule has 1 aliphatic carbocycles. The first-order valence-electron chi connectivity index (χ1n) is 13.4. The zero-order valence-corrected chi connectivity index (χ0v) is 22.1. The van der Waals surface area contributed by atoms with Gasteiger partial charge < -0.3 is 20.0 Å². The van der Waals surface area contributed by atoms with Crippen molar-refractivity contribution in [3.63, 3.8) is 0 Å². The maximum absolute atomic E-state index is 14.3. The number of nitrogens with one attached hydrogen (secondary N) is 1. The minimum Gasteiger partial charge on any atom is -0.367 e. The number of likely N-dealkylation sites (N-methyl/N-ethyl adjacent to an activating group) is 1. The van der Waals surface area contributed by atoms with Gasteiger partial charge in [0.2, 0.25) is 5.91 Å². The van der Waals surface area contributed by atoms with Crippen LogP contribution in [0.5, 0.6) is 0 Å². The number of amides is 2. The molecule has 0 spiro atoms. The molecule has 0 unspecified atom stereocenters. The fraction of sp³-hybridized carbons (Fsp3) is 0.400. The number of fused-ring (bicyclic) bond motifs is 1. The van der Waals surface area contributed by atoms with E-state index in [4.69, 9.17) is 0 Å². The molecule has 0 bridgehead atoms. The lowest BCUT2D eigenvalue weighted by molar-refractivity contribution is -0.119. The standard InChI is InChI=1S/C30H34N4O2S/c1-32-16-18-33(19-17-32)25-14-7-6-13-24(25)31-29(35)27-22-11-4-5-12-23(22)30(36)34(21-9-2-3-10-21)28(27)26-15-8-20-37-26/h4-8,11-15,20-21,27-28H,2-3,9-10,16-19H2,1H3,(H,31,35)/t27-,28-/m1/s1. The summed E-state index contributed by atoms with van der Waals surface area (Å²) in [5.74, 6) is -0.473. The number of piperazine rings is 1. The highest BCUT2D eigenvalue weighted by Crippen LogP contribution is 2.47. The lowest BCUT2D eigenvalue weighted by atomic mass is 9.80. The van der Waals surface area contributed by atoms with Crippen molar-refractivity contribution in [3.8, 4) is 0 Å². The molecule has 2 fully saturated rings. The Bertz CT molecular complexity index is 1260. The molecule has 3 aromatic rings.